The second-order valence-corrected chi connectivity index (χ2v) is 8.53. The molecule has 0 bridgehead atoms. The fourth-order valence-corrected chi connectivity index (χ4v) is 4.22. The molecule has 2 aromatic carbocycles. The van der Waals surface area contributed by atoms with Crippen molar-refractivity contribution in [2.45, 2.75) is 19.3 Å². The molecule has 0 radical (unpaired) electrons. The lowest BCUT2D eigenvalue weighted by Gasteiger charge is -2.14. The van der Waals surface area contributed by atoms with Crippen LogP contribution in [0, 0.1) is 0 Å². The quantitative estimate of drug-likeness (QED) is 0.448. The largest absolute Gasteiger partial charge is 0.493 e. The van der Waals surface area contributed by atoms with Gasteiger partial charge in [0.1, 0.15) is 0 Å². The molecule has 0 spiro atoms. The molecule has 1 fully saturated rings. The number of carbonyl (C=O) groups is 1. The van der Waals surface area contributed by atoms with E-state index in [0.29, 0.717) is 42.5 Å². The Labute approximate surface area is 207 Å². The molecule has 3 aromatic rings. The summed E-state index contributed by atoms with van der Waals surface area (Å²) in [4.78, 5) is 19.7. The first-order valence-corrected chi connectivity index (χ1v) is 12.1. The van der Waals surface area contributed by atoms with Gasteiger partial charge in [-0.3, -0.25) is 4.79 Å². The number of hydrogen-bond donors (Lipinski definition) is 1. The molecule has 0 saturated carbocycles. The van der Waals surface area contributed by atoms with Crippen LogP contribution in [0.15, 0.2) is 60.7 Å². The molecule has 1 N–H and O–H groups in total. The van der Waals surface area contributed by atoms with Gasteiger partial charge in [0.15, 0.2) is 11.5 Å². The van der Waals surface area contributed by atoms with Crippen LogP contribution in [0.5, 0.6) is 17.4 Å². The fraction of sp³-hybridized carbons (Fsp3) is 0.357. The number of carbonyl (C=O) groups excluding carboxylic acids is 1. The Morgan fingerprint density at radius 1 is 0.971 bits per heavy atom. The van der Waals surface area contributed by atoms with Crippen LogP contribution in [0.25, 0.3) is 11.3 Å². The van der Waals surface area contributed by atoms with Gasteiger partial charge in [0.05, 0.1) is 26.5 Å². The summed E-state index contributed by atoms with van der Waals surface area (Å²) in [5.41, 5.74) is 3.36. The van der Waals surface area contributed by atoms with Gasteiger partial charge in [0, 0.05) is 36.7 Å². The van der Waals surface area contributed by atoms with E-state index < -0.39 is 0 Å². The number of methoxy groups -OCH3 is 2. The molecule has 1 aliphatic rings. The highest BCUT2D eigenvalue weighted by molar-refractivity contribution is 5.95. The Kier molecular flexibility index (Phi) is 8.57. The van der Waals surface area contributed by atoms with Crippen LogP contribution in [-0.4, -0.2) is 62.8 Å². The van der Waals surface area contributed by atoms with Crippen molar-refractivity contribution < 1.29 is 19.0 Å². The number of likely N-dealkylation sites (tertiary alicyclic amines) is 1. The summed E-state index contributed by atoms with van der Waals surface area (Å²) in [5, 5.41) is 3.03. The second-order valence-electron chi connectivity index (χ2n) is 8.53. The zero-order valence-electron chi connectivity index (χ0n) is 20.5. The van der Waals surface area contributed by atoms with Gasteiger partial charge in [-0.05, 0) is 61.8 Å². The molecule has 2 heterocycles. The second kappa shape index (κ2) is 12.2. The SMILES string of the molecule is COc1ccc(CCOc2cccc(-c3cccc(C(=O)NCCN4CCCC4)c3)n2)cc1OC. The molecule has 7 heteroatoms. The summed E-state index contributed by atoms with van der Waals surface area (Å²) >= 11 is 0. The number of ether oxygens (including phenoxy) is 3. The summed E-state index contributed by atoms with van der Waals surface area (Å²) in [7, 11) is 3.25. The lowest BCUT2D eigenvalue weighted by Crippen LogP contribution is -2.33. The smallest absolute Gasteiger partial charge is 0.251 e. The lowest BCUT2D eigenvalue weighted by molar-refractivity contribution is 0.0950. The van der Waals surface area contributed by atoms with Crippen LogP contribution in [0.1, 0.15) is 28.8 Å². The van der Waals surface area contributed by atoms with E-state index in [-0.39, 0.29) is 5.91 Å². The minimum absolute atomic E-state index is 0.0617. The van der Waals surface area contributed by atoms with Gasteiger partial charge in [-0.2, -0.15) is 0 Å². The predicted octanol–water partition coefficient (Wildman–Crippen LogP) is 4.21. The van der Waals surface area contributed by atoms with Crippen molar-refractivity contribution in [3.05, 3.63) is 71.8 Å². The number of rotatable bonds is 11. The Bertz CT molecular complexity index is 1130. The third-order valence-electron chi connectivity index (χ3n) is 6.14. The molecule has 184 valence electrons. The summed E-state index contributed by atoms with van der Waals surface area (Å²) in [6, 6.07) is 19.1. The van der Waals surface area contributed by atoms with Crippen LogP contribution in [-0.2, 0) is 6.42 Å². The number of benzene rings is 2. The molecular formula is C28H33N3O4. The van der Waals surface area contributed by atoms with Gasteiger partial charge in [-0.25, -0.2) is 4.98 Å². The first kappa shape index (κ1) is 24.5. The molecule has 35 heavy (non-hydrogen) atoms. The monoisotopic (exact) mass is 475 g/mol. The number of aromatic nitrogens is 1. The van der Waals surface area contributed by atoms with Crippen molar-refractivity contribution in [1.82, 2.24) is 15.2 Å². The van der Waals surface area contributed by atoms with E-state index >= 15 is 0 Å². The first-order valence-electron chi connectivity index (χ1n) is 12.1. The van der Waals surface area contributed by atoms with Crippen molar-refractivity contribution in [3.63, 3.8) is 0 Å². The van der Waals surface area contributed by atoms with E-state index in [4.69, 9.17) is 14.2 Å². The zero-order valence-corrected chi connectivity index (χ0v) is 20.5. The lowest BCUT2D eigenvalue weighted by atomic mass is 10.1. The van der Waals surface area contributed by atoms with Gasteiger partial charge in [-0.15, -0.1) is 0 Å². The van der Waals surface area contributed by atoms with Crippen molar-refractivity contribution in [1.29, 1.82) is 0 Å². The minimum Gasteiger partial charge on any atom is -0.493 e. The molecule has 0 atom stereocenters. The normalized spacial score (nSPS) is 13.4. The number of nitrogens with one attached hydrogen (secondary N) is 1. The number of nitrogens with zero attached hydrogens (tertiary/aromatic N) is 2. The van der Waals surface area contributed by atoms with Crippen molar-refractivity contribution in [2.24, 2.45) is 0 Å². The standard InChI is InChI=1S/C28H33N3O4/c1-33-25-12-11-21(19-26(25)34-2)13-18-35-27-10-6-9-24(30-27)22-7-5-8-23(20-22)28(32)29-14-17-31-15-3-4-16-31/h5-12,19-20H,3-4,13-18H2,1-2H3,(H,29,32). The Hall–Kier alpha value is -3.58. The van der Waals surface area contributed by atoms with Crippen molar-refractivity contribution >= 4 is 5.91 Å². The van der Waals surface area contributed by atoms with Gasteiger partial charge in [0.2, 0.25) is 5.88 Å². The van der Waals surface area contributed by atoms with E-state index in [2.05, 4.69) is 15.2 Å². The molecular weight excluding hydrogens is 442 g/mol. The third kappa shape index (κ3) is 6.73. The average Bonchev–Trinajstić information content (AvgIpc) is 3.42. The summed E-state index contributed by atoms with van der Waals surface area (Å²) in [6.45, 7) is 4.29. The fourth-order valence-electron chi connectivity index (χ4n) is 4.22. The van der Waals surface area contributed by atoms with Gasteiger partial charge < -0.3 is 24.4 Å². The van der Waals surface area contributed by atoms with Crippen molar-refractivity contribution in [3.8, 4) is 28.6 Å². The summed E-state index contributed by atoms with van der Waals surface area (Å²) < 4.78 is 16.6. The molecule has 7 nitrogen and oxygen atoms in total. The summed E-state index contributed by atoms with van der Waals surface area (Å²) in [5.74, 6) is 1.89. The molecule has 1 aliphatic heterocycles. The molecule has 1 aromatic heterocycles. The average molecular weight is 476 g/mol. The molecule has 1 saturated heterocycles. The Balaban J connectivity index is 1.33. The van der Waals surface area contributed by atoms with Gasteiger partial charge in [0.25, 0.3) is 5.91 Å². The van der Waals surface area contributed by atoms with Gasteiger partial charge in [-0.1, -0.05) is 24.3 Å². The van der Waals surface area contributed by atoms with Crippen LogP contribution in [0.4, 0.5) is 0 Å². The number of pyridine rings is 1. The Morgan fingerprint density at radius 3 is 2.57 bits per heavy atom. The number of hydrogen-bond acceptors (Lipinski definition) is 6. The van der Waals surface area contributed by atoms with Crippen LogP contribution in [0.2, 0.25) is 0 Å². The maximum absolute atomic E-state index is 12.6. The van der Waals surface area contributed by atoms with Gasteiger partial charge >= 0.3 is 0 Å². The number of amides is 1. The van der Waals surface area contributed by atoms with Crippen LogP contribution >= 0.6 is 0 Å². The minimum atomic E-state index is -0.0617. The van der Waals surface area contributed by atoms with Crippen LogP contribution < -0.4 is 19.5 Å². The highest BCUT2D eigenvalue weighted by Crippen LogP contribution is 2.28. The molecule has 4 rings (SSSR count). The highest BCUT2D eigenvalue weighted by atomic mass is 16.5. The topological polar surface area (TPSA) is 72.9 Å². The van der Waals surface area contributed by atoms with Crippen molar-refractivity contribution in [2.75, 3.05) is 47.0 Å². The van der Waals surface area contributed by atoms with E-state index in [0.717, 1.165) is 36.5 Å². The van der Waals surface area contributed by atoms with E-state index in [9.17, 15) is 4.79 Å². The summed E-state index contributed by atoms with van der Waals surface area (Å²) in [6.07, 6.45) is 3.21. The zero-order chi connectivity index (χ0) is 24.5. The van der Waals surface area contributed by atoms with E-state index in [1.165, 1.54) is 12.8 Å². The highest BCUT2D eigenvalue weighted by Gasteiger charge is 2.13. The van der Waals surface area contributed by atoms with E-state index in [1.54, 1.807) is 14.2 Å². The maximum atomic E-state index is 12.6. The molecule has 0 unspecified atom stereocenters. The molecule has 0 aliphatic carbocycles. The van der Waals surface area contributed by atoms with Crippen LogP contribution in [0.3, 0.4) is 0 Å². The maximum Gasteiger partial charge on any atom is 0.251 e. The van der Waals surface area contributed by atoms with E-state index in [1.807, 2.05) is 60.7 Å². The first-order chi connectivity index (χ1) is 17.2. The predicted molar refractivity (Wildman–Crippen MR) is 136 cm³/mol. The Morgan fingerprint density at radius 2 is 1.77 bits per heavy atom. The third-order valence-corrected chi connectivity index (χ3v) is 6.14. The molecule has 1 amide bonds.